The Morgan fingerprint density at radius 3 is 0.648 bits per heavy atom. The number of carbonyl (C=O) groups excluding carboxylic acids is 2. The highest BCUT2D eigenvalue weighted by Crippen LogP contribution is 2.51. The van der Waals surface area contributed by atoms with Gasteiger partial charge >= 0.3 is 5.97 Å². The molecule has 0 aliphatic heterocycles. The van der Waals surface area contributed by atoms with Crippen molar-refractivity contribution >= 4 is 112 Å². The van der Waals surface area contributed by atoms with Crippen LogP contribution in [0.3, 0.4) is 0 Å². The minimum Gasteiger partial charge on any atom is -0.469 e. The second-order valence-corrected chi connectivity index (χ2v) is 69.3. The molecular weight excluding hydrogens is 1930 g/mol. The second-order valence-electron chi connectivity index (χ2n) is 46.5. The maximum atomic E-state index is 11.2. The normalized spacial score (nSPS) is 12.2. The van der Waals surface area contributed by atoms with Crippen LogP contribution in [0, 0.1) is 10.8 Å². The Labute approximate surface area is 898 Å². The van der Waals surface area contributed by atoms with E-state index in [1.165, 1.54) is 95.0 Å². The molecule has 0 aromatic heterocycles. The molecule has 0 aliphatic rings. The second kappa shape index (κ2) is 94.1. The summed E-state index contributed by atoms with van der Waals surface area (Å²) in [6.07, 6.45) is 31.0. The quantitative estimate of drug-likeness (QED) is 0.0752. The van der Waals surface area contributed by atoms with Crippen molar-refractivity contribution in [2.75, 3.05) is 134 Å². The van der Waals surface area contributed by atoms with E-state index in [9.17, 15) is 56.6 Å². The predicted molar refractivity (Wildman–Crippen MR) is 665 cm³/mol. The Balaban J connectivity index is -0.0000000615. The first-order valence-corrected chi connectivity index (χ1v) is 64.4. The molecule has 0 aliphatic carbocycles. The SMILES string of the molecule is C/C=C\C=C/C.C/C=C\CC.C/C=C\N(C)C.CC(=O)N(C)C.CC(C)(C)P(C)(C)=O.CC(C)(C)P(C)(C)=O.CC(C)(C)S(C)(=O)=O.CC(C)(C)S(C)(=O)=O.CC(C)(C)S(C)(=O)=O.CC(C)=C(C)C(C)(C)C.CC(C)=C(C)C(C)=C(C)C.CC(C)=C(C)N(C)C.CC(C)=NC(C)(C)C.CC=NCC.CCC=NC.CN=C(C)C(C)(C)C.COC(C)=O.CS(=O)C(C)(C)C.CS(=O)C(C)(C)C.CS(=O)C(C)(C)C. The molecule has 1 amide bonds. The van der Waals surface area contributed by atoms with Gasteiger partial charge in [0, 0.05) is 188 Å². The Morgan fingerprint density at radius 2 is 0.634 bits per heavy atom. The van der Waals surface area contributed by atoms with E-state index in [1.54, 1.807) is 108 Å². The third-order valence-electron chi connectivity index (χ3n) is 19.5. The highest BCUT2D eigenvalue weighted by Gasteiger charge is 2.28. The van der Waals surface area contributed by atoms with Gasteiger partial charge in [0.05, 0.1) is 41.2 Å². The topological polar surface area (TPSA) is 290 Å². The number of hydrogen-bond donors (Lipinski definition) is 0. The van der Waals surface area contributed by atoms with E-state index in [0.29, 0.717) is 5.41 Å². The van der Waals surface area contributed by atoms with E-state index >= 15 is 0 Å². The van der Waals surface area contributed by atoms with Crippen LogP contribution in [0.15, 0.2) is 113 Å². The molecule has 21 nitrogen and oxygen atoms in total. The molecule has 3 unspecified atom stereocenters. The molecule has 0 rings (SSSR count). The first-order valence-electron chi connectivity index (χ1n) is 48.8. The summed E-state index contributed by atoms with van der Waals surface area (Å²) >= 11 is 0. The lowest BCUT2D eigenvalue weighted by Gasteiger charge is -2.23. The Kier molecular flexibility index (Phi) is 123. The number of amides is 1. The molecule has 0 heterocycles. The molecule has 0 bridgehead atoms. The predicted octanol–water partition coefficient (Wildman–Crippen LogP) is 31.8. The Bertz CT molecular complexity index is 3830. The monoisotopic (exact) mass is 2180 g/mol. The van der Waals surface area contributed by atoms with Crippen LogP contribution in [0.4, 0.5) is 0 Å². The zero-order valence-electron chi connectivity index (χ0n) is 109. The molecule has 29 heteroatoms. The summed E-state index contributed by atoms with van der Waals surface area (Å²) in [6, 6.07) is 0. The summed E-state index contributed by atoms with van der Waals surface area (Å²) in [7, 11) is 2.26. The summed E-state index contributed by atoms with van der Waals surface area (Å²) in [5.74, 6) is -0.153. The van der Waals surface area contributed by atoms with Crippen LogP contribution in [-0.2, 0) is 85.4 Å². The molecule has 0 fully saturated rings. The van der Waals surface area contributed by atoms with E-state index in [4.69, 9.17) is 0 Å². The van der Waals surface area contributed by atoms with Gasteiger partial charge in [0.2, 0.25) is 5.91 Å². The number of ether oxygens (including phenoxy) is 1. The minimum absolute atomic E-state index is 0.00694. The van der Waals surface area contributed by atoms with Gasteiger partial charge < -0.3 is 33.6 Å². The van der Waals surface area contributed by atoms with Crippen molar-refractivity contribution in [3.05, 3.63) is 93.4 Å². The van der Waals surface area contributed by atoms with Crippen LogP contribution in [-0.4, -0.2) is 267 Å². The average molecular weight is 2180 g/mol. The maximum Gasteiger partial charge on any atom is 0.302 e. The highest BCUT2D eigenvalue weighted by atomic mass is 32.2. The molecule has 0 aromatic rings. The fourth-order valence-electron chi connectivity index (χ4n) is 4.07. The highest BCUT2D eigenvalue weighted by molar-refractivity contribution is 7.92. The van der Waals surface area contributed by atoms with Crippen molar-refractivity contribution in [2.24, 2.45) is 30.8 Å². The number of sulfone groups is 3. The Hall–Kier alpha value is -4.10. The minimum atomic E-state index is -2.84. The standard InChI is InChI=1S/C10H18.C9H18.3C7H15N.2C6H15OP.C6H10.C5H11N.3C5H12O2S.3C5H12OS.C5H10.C4H9NO.2C4H9N.C3H6O2/c1-7(2)9(5)10(6)8(3)4;1-7(2)8(3)9(4,5)6;1-6(8-5)7(2,3)4;1-6(2)7(3)8(4)5;1-6(2)8-7(3,4)5;2*1-6(2,3)8(4,5)7;1-3-5-6-4-2;1-4-5-6(2)3;3*1-5(2,3)8(4,6)7;3*1-5(2,3)7(4)6;1-3-5-4-2;1-4(6)5(2)3;1-3-4-5-2;1-3-5-4-2;1-3(4)5-2/h1-6H3;1-6H3;5*1-5H3;3-6H,1-2H3;4-5H,1-3H3;3*1-4H3;3*1-4H3;3,5H,4H2,1-2H3;1-3H3;4H,3H2,1-2H3;3H,4H2,1-2H3;1-2H3/b;;;;;;;5-3-,6-4-;5-4-;;;;;;;5-3-;;;;. The first-order chi connectivity index (χ1) is 61.7. The van der Waals surface area contributed by atoms with Gasteiger partial charge in [-0.05, 0) is 371 Å². The molecule has 0 N–H and O–H groups in total. The summed E-state index contributed by atoms with van der Waals surface area (Å²) in [5, 5.41) is -0.0139. The van der Waals surface area contributed by atoms with E-state index in [1.807, 2.05) is 255 Å². The van der Waals surface area contributed by atoms with E-state index in [2.05, 4.69) is 222 Å². The fraction of sp³-hybridized carbons (Fsp3) is 0.805. The molecule has 0 radical (unpaired) electrons. The van der Waals surface area contributed by atoms with Crippen molar-refractivity contribution in [1.29, 1.82) is 0 Å². The summed E-state index contributed by atoms with van der Waals surface area (Å²) < 4.78 is 120. The van der Waals surface area contributed by atoms with Crippen molar-refractivity contribution in [2.45, 2.75) is 459 Å². The number of aliphatic imine (C=N–C) groups is 4. The molecule has 864 valence electrons. The number of methoxy groups -OCH3 is 1. The zero-order chi connectivity index (χ0) is 121. The fourth-order valence-corrected chi connectivity index (χ4v) is 4.07. The van der Waals surface area contributed by atoms with Gasteiger partial charge in [-0.3, -0.25) is 37.2 Å². The van der Waals surface area contributed by atoms with E-state index < -0.39 is 90.4 Å². The Morgan fingerprint density at radius 1 is 0.401 bits per heavy atom. The molecule has 0 saturated carbocycles. The molecule has 142 heavy (non-hydrogen) atoms. The van der Waals surface area contributed by atoms with E-state index in [-0.39, 0.29) is 47.4 Å². The lowest BCUT2D eigenvalue weighted by Crippen LogP contribution is -2.26. The van der Waals surface area contributed by atoms with Gasteiger partial charge in [0.25, 0.3) is 0 Å². The van der Waals surface area contributed by atoms with Gasteiger partial charge in [0.15, 0.2) is 29.5 Å². The van der Waals surface area contributed by atoms with E-state index in [0.717, 1.165) is 25.1 Å². The number of carbonyl (C=O) groups is 2. The largest absolute Gasteiger partial charge is 0.469 e. The van der Waals surface area contributed by atoms with Gasteiger partial charge in [0.1, 0.15) is 0 Å². The zero-order valence-corrected chi connectivity index (χ0v) is 115. The number of nitrogens with zero attached hydrogens (tertiary/aromatic N) is 7. The van der Waals surface area contributed by atoms with Gasteiger partial charge in [-0.1, -0.05) is 167 Å². The van der Waals surface area contributed by atoms with Gasteiger partial charge in [-0.15, -0.1) is 0 Å². The molecular formula is C113H247N7O14P2S6. The maximum absolute atomic E-state index is 11.2. The summed E-state index contributed by atoms with van der Waals surface area (Å²) in [5.41, 5.74) is 14.5. The van der Waals surface area contributed by atoms with Crippen molar-refractivity contribution in [3.63, 3.8) is 0 Å². The third-order valence-corrected chi connectivity index (χ3v) is 37.8. The molecule has 0 spiro atoms. The number of esters is 1. The molecule has 0 saturated heterocycles. The number of allylic oxidation sites excluding steroid dienone is 15. The summed E-state index contributed by atoms with van der Waals surface area (Å²) in [4.78, 5) is 41.3. The van der Waals surface area contributed by atoms with Crippen LogP contribution in [0.1, 0.15) is 414 Å². The van der Waals surface area contributed by atoms with Crippen molar-refractivity contribution in [3.8, 4) is 0 Å². The van der Waals surface area contributed by atoms with Crippen LogP contribution in [0.5, 0.6) is 0 Å². The summed E-state index contributed by atoms with van der Waals surface area (Å²) in [6.45, 7) is 124. The van der Waals surface area contributed by atoms with Crippen molar-refractivity contribution in [1.82, 2.24) is 14.7 Å². The first kappa shape index (κ1) is 186. The number of hydrogen-bond acceptors (Lipinski definition) is 20. The third kappa shape index (κ3) is 172. The lowest BCUT2D eigenvalue weighted by molar-refractivity contribution is -0.138. The lowest BCUT2D eigenvalue weighted by atomic mass is 9.85. The van der Waals surface area contributed by atoms with Crippen LogP contribution >= 0.6 is 14.3 Å². The van der Waals surface area contributed by atoms with Crippen LogP contribution in [0.2, 0.25) is 0 Å². The smallest absolute Gasteiger partial charge is 0.302 e. The molecule has 3 atom stereocenters. The van der Waals surface area contributed by atoms with Gasteiger partial charge in [-0.2, -0.15) is 0 Å². The molecule has 0 aromatic carbocycles. The van der Waals surface area contributed by atoms with Crippen molar-refractivity contribution < 1.29 is 61.3 Å². The number of rotatable bonds is 7. The van der Waals surface area contributed by atoms with Crippen LogP contribution < -0.4 is 0 Å². The van der Waals surface area contributed by atoms with Crippen LogP contribution in [0.25, 0.3) is 0 Å². The van der Waals surface area contributed by atoms with Gasteiger partial charge in [-0.25, -0.2) is 25.3 Å². The average Bonchev–Trinajstić information content (AvgIpc) is 0.870.